The largest absolute Gasteiger partial charge is 0.354 e. The minimum Gasteiger partial charge on any atom is -0.354 e. The smallest absolute Gasteiger partial charge is 0.264 e. The van der Waals surface area contributed by atoms with E-state index in [0.717, 1.165) is 11.1 Å². The zero-order valence-electron chi connectivity index (χ0n) is 17.7. The number of benzene rings is 2. The lowest BCUT2D eigenvalue weighted by Gasteiger charge is -2.15. The average Bonchev–Trinajstić information content (AvgIpc) is 3.21. The highest BCUT2D eigenvalue weighted by atomic mass is 35.5. The molecule has 2 heterocycles. The molecule has 1 unspecified atom stereocenters. The Labute approximate surface area is 190 Å². The van der Waals surface area contributed by atoms with Gasteiger partial charge in [0.1, 0.15) is 11.7 Å². The van der Waals surface area contributed by atoms with Crippen LogP contribution in [0.3, 0.4) is 0 Å². The lowest BCUT2D eigenvalue weighted by Crippen LogP contribution is -2.32. The van der Waals surface area contributed by atoms with Crippen molar-refractivity contribution in [1.29, 1.82) is 0 Å². The Hall–Kier alpha value is -3.45. The Balaban J connectivity index is 1.43. The number of aromatic nitrogens is 4. The van der Waals surface area contributed by atoms with Crippen molar-refractivity contribution < 1.29 is 4.79 Å². The maximum absolute atomic E-state index is 12.9. The first-order valence-corrected chi connectivity index (χ1v) is 10.9. The average molecular weight is 450 g/mol. The van der Waals surface area contributed by atoms with Gasteiger partial charge in [-0.25, -0.2) is 9.67 Å². The van der Waals surface area contributed by atoms with E-state index in [1.54, 1.807) is 10.7 Å². The molecule has 4 aromatic rings. The van der Waals surface area contributed by atoms with Gasteiger partial charge in [-0.05, 0) is 29.7 Å². The standard InChI is InChI=1S/C24H24ClN5O2/c1-2-20(18-8-4-3-5-9-18)23(31)26-11-12-30-22-21(14-28-30)24(32)29(16-27-22)15-17-7-6-10-19(25)13-17/h3-10,13-14,16,20H,2,11-12,15H2,1H3,(H,26,31). The van der Waals surface area contributed by atoms with E-state index < -0.39 is 0 Å². The summed E-state index contributed by atoms with van der Waals surface area (Å²) in [6.45, 7) is 3.19. The van der Waals surface area contributed by atoms with Gasteiger partial charge in [-0.15, -0.1) is 0 Å². The zero-order chi connectivity index (χ0) is 22.5. The van der Waals surface area contributed by atoms with E-state index in [4.69, 9.17) is 11.6 Å². The maximum atomic E-state index is 12.9. The summed E-state index contributed by atoms with van der Waals surface area (Å²) in [5, 5.41) is 8.35. The third-order valence-electron chi connectivity index (χ3n) is 5.41. The molecule has 8 heteroatoms. The van der Waals surface area contributed by atoms with Crippen LogP contribution in [0.1, 0.15) is 30.4 Å². The van der Waals surface area contributed by atoms with Crippen LogP contribution in [0.5, 0.6) is 0 Å². The molecule has 0 aliphatic heterocycles. The van der Waals surface area contributed by atoms with Crippen LogP contribution in [0.4, 0.5) is 0 Å². The Morgan fingerprint density at radius 3 is 2.72 bits per heavy atom. The summed E-state index contributed by atoms with van der Waals surface area (Å²) in [6.07, 6.45) is 3.76. The van der Waals surface area contributed by atoms with Crippen LogP contribution in [0.2, 0.25) is 5.02 Å². The van der Waals surface area contributed by atoms with E-state index in [1.807, 2.05) is 55.5 Å². The van der Waals surface area contributed by atoms with E-state index in [-0.39, 0.29) is 17.4 Å². The summed E-state index contributed by atoms with van der Waals surface area (Å²) >= 11 is 6.04. The number of carbonyl (C=O) groups excluding carboxylic acids is 1. The van der Waals surface area contributed by atoms with Gasteiger partial charge in [0.2, 0.25) is 5.91 Å². The number of halogens is 1. The van der Waals surface area contributed by atoms with Crippen LogP contribution in [0, 0.1) is 0 Å². The molecule has 0 saturated carbocycles. The number of rotatable bonds is 8. The molecule has 1 atom stereocenters. The molecular formula is C24H24ClN5O2. The zero-order valence-corrected chi connectivity index (χ0v) is 18.5. The number of nitrogens with one attached hydrogen (secondary N) is 1. The van der Waals surface area contributed by atoms with Crippen molar-refractivity contribution in [3.8, 4) is 0 Å². The Morgan fingerprint density at radius 1 is 1.16 bits per heavy atom. The highest BCUT2D eigenvalue weighted by molar-refractivity contribution is 6.30. The summed E-state index contributed by atoms with van der Waals surface area (Å²) in [7, 11) is 0. The predicted octanol–water partition coefficient (Wildman–Crippen LogP) is 3.60. The second kappa shape index (κ2) is 9.78. The highest BCUT2D eigenvalue weighted by Gasteiger charge is 2.18. The van der Waals surface area contributed by atoms with Crippen molar-refractivity contribution in [3.63, 3.8) is 0 Å². The van der Waals surface area contributed by atoms with Gasteiger partial charge in [-0.3, -0.25) is 14.2 Å². The molecule has 1 N–H and O–H groups in total. The lowest BCUT2D eigenvalue weighted by molar-refractivity contribution is -0.122. The third kappa shape index (κ3) is 4.73. The molecule has 0 aliphatic carbocycles. The topological polar surface area (TPSA) is 81.8 Å². The van der Waals surface area contributed by atoms with Gasteiger partial charge < -0.3 is 5.32 Å². The van der Waals surface area contributed by atoms with E-state index >= 15 is 0 Å². The molecule has 4 rings (SSSR count). The van der Waals surface area contributed by atoms with Gasteiger partial charge in [-0.1, -0.05) is 61.0 Å². The van der Waals surface area contributed by atoms with E-state index in [1.165, 1.54) is 17.1 Å². The number of carbonyl (C=O) groups is 1. The van der Waals surface area contributed by atoms with Crippen LogP contribution in [-0.4, -0.2) is 31.8 Å². The van der Waals surface area contributed by atoms with E-state index in [0.29, 0.717) is 42.1 Å². The maximum Gasteiger partial charge on any atom is 0.264 e. The normalized spacial score (nSPS) is 12.1. The molecule has 1 amide bonds. The summed E-state index contributed by atoms with van der Waals surface area (Å²) in [6, 6.07) is 17.1. The quantitative estimate of drug-likeness (QED) is 0.445. The Kier molecular flexibility index (Phi) is 6.66. The molecule has 164 valence electrons. The highest BCUT2D eigenvalue weighted by Crippen LogP contribution is 2.19. The van der Waals surface area contributed by atoms with Crippen LogP contribution in [0.25, 0.3) is 11.0 Å². The Bertz CT molecular complexity index is 1280. The van der Waals surface area contributed by atoms with Crippen molar-refractivity contribution in [1.82, 2.24) is 24.6 Å². The van der Waals surface area contributed by atoms with Crippen LogP contribution < -0.4 is 10.9 Å². The van der Waals surface area contributed by atoms with Crippen molar-refractivity contribution in [2.75, 3.05) is 6.54 Å². The fourth-order valence-corrected chi connectivity index (χ4v) is 3.98. The SMILES string of the molecule is CCC(C(=O)NCCn1ncc2c(=O)n(Cc3cccc(Cl)c3)cnc21)c1ccccc1. The molecule has 0 fully saturated rings. The van der Waals surface area contributed by atoms with Crippen molar-refractivity contribution in [3.05, 3.63) is 93.6 Å². The monoisotopic (exact) mass is 449 g/mol. The molecule has 32 heavy (non-hydrogen) atoms. The van der Waals surface area contributed by atoms with Gasteiger partial charge in [0.15, 0.2) is 5.65 Å². The van der Waals surface area contributed by atoms with Crippen molar-refractivity contribution >= 4 is 28.5 Å². The number of hydrogen-bond donors (Lipinski definition) is 1. The minimum absolute atomic E-state index is 0.0213. The molecule has 2 aromatic carbocycles. The molecular weight excluding hydrogens is 426 g/mol. The fraction of sp³-hybridized carbons (Fsp3) is 0.250. The van der Waals surface area contributed by atoms with Gasteiger partial charge in [0, 0.05) is 11.6 Å². The van der Waals surface area contributed by atoms with Crippen LogP contribution in [0.15, 0.2) is 71.9 Å². The molecule has 0 radical (unpaired) electrons. The third-order valence-corrected chi connectivity index (χ3v) is 5.65. The van der Waals surface area contributed by atoms with E-state index in [2.05, 4.69) is 15.4 Å². The Morgan fingerprint density at radius 2 is 1.97 bits per heavy atom. The predicted molar refractivity (Wildman–Crippen MR) is 125 cm³/mol. The number of amides is 1. The molecule has 0 spiro atoms. The summed E-state index contributed by atoms with van der Waals surface area (Å²) < 4.78 is 3.18. The van der Waals surface area contributed by atoms with Gasteiger partial charge in [-0.2, -0.15) is 5.10 Å². The summed E-state index contributed by atoms with van der Waals surface area (Å²) in [4.78, 5) is 29.9. The van der Waals surface area contributed by atoms with Crippen molar-refractivity contribution in [2.45, 2.75) is 32.4 Å². The second-order valence-electron chi connectivity index (χ2n) is 7.58. The first kappa shape index (κ1) is 21.8. The van der Waals surface area contributed by atoms with Crippen LogP contribution in [-0.2, 0) is 17.9 Å². The second-order valence-corrected chi connectivity index (χ2v) is 8.01. The molecule has 7 nitrogen and oxygen atoms in total. The first-order chi connectivity index (χ1) is 15.6. The number of fused-ring (bicyclic) bond motifs is 1. The molecule has 0 bridgehead atoms. The minimum atomic E-state index is -0.192. The first-order valence-electron chi connectivity index (χ1n) is 10.5. The van der Waals surface area contributed by atoms with Gasteiger partial charge in [0.25, 0.3) is 5.56 Å². The van der Waals surface area contributed by atoms with Gasteiger partial charge in [0.05, 0.1) is 25.2 Å². The number of nitrogens with zero attached hydrogens (tertiary/aromatic N) is 4. The van der Waals surface area contributed by atoms with Gasteiger partial charge >= 0.3 is 0 Å². The van der Waals surface area contributed by atoms with Crippen molar-refractivity contribution in [2.24, 2.45) is 0 Å². The molecule has 0 aliphatic rings. The fourth-order valence-electron chi connectivity index (χ4n) is 3.77. The number of hydrogen-bond acceptors (Lipinski definition) is 4. The summed E-state index contributed by atoms with van der Waals surface area (Å²) in [5.74, 6) is -0.214. The van der Waals surface area contributed by atoms with E-state index in [9.17, 15) is 9.59 Å². The summed E-state index contributed by atoms with van der Waals surface area (Å²) in [5.41, 5.74) is 2.25. The lowest BCUT2D eigenvalue weighted by atomic mass is 9.96. The molecule has 2 aromatic heterocycles. The molecule has 0 saturated heterocycles. The van der Waals surface area contributed by atoms with Crippen LogP contribution >= 0.6 is 11.6 Å².